The average Bonchev–Trinajstić information content (AvgIpc) is 2.74. The summed E-state index contributed by atoms with van der Waals surface area (Å²) in [6.45, 7) is -0.0639. The van der Waals surface area contributed by atoms with Gasteiger partial charge in [-0.25, -0.2) is 8.78 Å². The van der Waals surface area contributed by atoms with E-state index in [0.29, 0.717) is 29.5 Å². The largest absolute Gasteiger partial charge is 0.351 e. The van der Waals surface area contributed by atoms with Crippen LogP contribution in [-0.4, -0.2) is 36.1 Å². The van der Waals surface area contributed by atoms with Crippen LogP contribution in [0.3, 0.4) is 0 Å². The van der Waals surface area contributed by atoms with Crippen molar-refractivity contribution >= 4 is 29.2 Å². The lowest BCUT2D eigenvalue weighted by Gasteiger charge is -2.44. The fraction of sp³-hybridized carbons (Fsp3) is 0.348. The van der Waals surface area contributed by atoms with Crippen LogP contribution in [0.2, 0.25) is 5.02 Å². The first-order chi connectivity index (χ1) is 14.8. The van der Waals surface area contributed by atoms with E-state index in [1.165, 1.54) is 4.90 Å². The van der Waals surface area contributed by atoms with Gasteiger partial charge in [-0.2, -0.15) is 0 Å². The molecule has 0 aliphatic heterocycles. The number of hydrogen-bond acceptors (Lipinski definition) is 3. The number of amides is 2. The van der Waals surface area contributed by atoms with Gasteiger partial charge < -0.3 is 10.2 Å². The molecular formula is C23H23ClF2N2O3. The Morgan fingerprint density at radius 1 is 1.16 bits per heavy atom. The van der Waals surface area contributed by atoms with Crippen LogP contribution in [0.1, 0.15) is 48.0 Å². The molecule has 31 heavy (non-hydrogen) atoms. The maximum absolute atomic E-state index is 13.8. The third-order valence-corrected chi connectivity index (χ3v) is 6.05. The number of Topliss-reactive ketones (excluding diaryl/α,β-unsaturated/α-hetero) is 1. The van der Waals surface area contributed by atoms with Crippen molar-refractivity contribution in [1.29, 1.82) is 0 Å². The highest BCUT2D eigenvalue weighted by atomic mass is 35.5. The Morgan fingerprint density at radius 3 is 2.58 bits per heavy atom. The molecule has 1 saturated carbocycles. The summed E-state index contributed by atoms with van der Waals surface area (Å²) in [4.78, 5) is 39.6. The van der Waals surface area contributed by atoms with Gasteiger partial charge in [0.15, 0.2) is 5.78 Å². The standard InChI is InChI=1S/C23H23ClF2N2O3/c1-28(21(30)11-13-27-22(31)16-10-9-15(25)14-19(16)26)23(12-5-4-8-20(23)29)17-6-2-3-7-18(17)24/h2-3,6-7,9-10,14H,4-5,8,11-13H2,1H3,(H,27,31)/t23-/m1/s1. The lowest BCUT2D eigenvalue weighted by atomic mass is 9.74. The van der Waals surface area contributed by atoms with Crippen LogP contribution in [0, 0.1) is 11.6 Å². The van der Waals surface area contributed by atoms with Gasteiger partial charge in [0.05, 0.1) is 5.56 Å². The van der Waals surface area contributed by atoms with Crippen LogP contribution < -0.4 is 5.32 Å². The Labute approximate surface area is 184 Å². The summed E-state index contributed by atoms with van der Waals surface area (Å²) in [5.74, 6) is -2.93. The molecule has 1 fully saturated rings. The second kappa shape index (κ2) is 9.56. The quantitative estimate of drug-likeness (QED) is 0.719. The topological polar surface area (TPSA) is 66.5 Å². The summed E-state index contributed by atoms with van der Waals surface area (Å²) in [5.41, 5.74) is -0.868. The SMILES string of the molecule is CN(C(=O)CCNC(=O)c1ccc(F)cc1F)[C@@]1(c2ccccc2Cl)CCCCC1=O. The van der Waals surface area contributed by atoms with Crippen molar-refractivity contribution in [2.45, 2.75) is 37.6 Å². The smallest absolute Gasteiger partial charge is 0.254 e. The van der Waals surface area contributed by atoms with Crippen molar-refractivity contribution in [1.82, 2.24) is 10.2 Å². The minimum Gasteiger partial charge on any atom is -0.351 e. The molecule has 0 radical (unpaired) electrons. The molecule has 1 aliphatic rings. The Balaban J connectivity index is 1.73. The molecule has 0 spiro atoms. The molecular weight excluding hydrogens is 426 g/mol. The van der Waals surface area contributed by atoms with Gasteiger partial charge in [0.25, 0.3) is 5.91 Å². The van der Waals surface area contributed by atoms with Gasteiger partial charge in [-0.15, -0.1) is 0 Å². The zero-order valence-corrected chi connectivity index (χ0v) is 17.8. The first-order valence-electron chi connectivity index (χ1n) is 10.1. The predicted molar refractivity (Wildman–Crippen MR) is 113 cm³/mol. The normalized spacial score (nSPS) is 18.5. The number of ketones is 1. The lowest BCUT2D eigenvalue weighted by Crippen LogP contribution is -2.54. The fourth-order valence-corrected chi connectivity index (χ4v) is 4.35. The molecule has 1 aliphatic carbocycles. The number of halogens is 3. The van der Waals surface area contributed by atoms with E-state index in [4.69, 9.17) is 11.6 Å². The number of carbonyl (C=O) groups is 3. The average molecular weight is 449 g/mol. The summed E-state index contributed by atoms with van der Waals surface area (Å²) in [5, 5.41) is 2.88. The molecule has 2 aromatic carbocycles. The van der Waals surface area contributed by atoms with Crippen LogP contribution in [0.25, 0.3) is 0 Å². The van der Waals surface area contributed by atoms with E-state index in [-0.39, 0.29) is 30.2 Å². The zero-order chi connectivity index (χ0) is 22.6. The monoisotopic (exact) mass is 448 g/mol. The van der Waals surface area contributed by atoms with Gasteiger partial charge in [0.1, 0.15) is 17.2 Å². The number of benzene rings is 2. The summed E-state index contributed by atoms with van der Waals surface area (Å²) < 4.78 is 26.8. The molecule has 0 heterocycles. The summed E-state index contributed by atoms with van der Waals surface area (Å²) in [7, 11) is 1.57. The lowest BCUT2D eigenvalue weighted by molar-refractivity contribution is -0.148. The van der Waals surface area contributed by atoms with E-state index < -0.39 is 23.1 Å². The minimum absolute atomic E-state index is 0.0639. The van der Waals surface area contributed by atoms with Crippen LogP contribution in [0.15, 0.2) is 42.5 Å². The molecule has 0 unspecified atom stereocenters. The molecule has 2 amide bonds. The van der Waals surface area contributed by atoms with Crippen molar-refractivity contribution in [2.75, 3.05) is 13.6 Å². The van der Waals surface area contributed by atoms with Crippen molar-refractivity contribution in [3.05, 3.63) is 70.2 Å². The molecule has 0 aromatic heterocycles. The molecule has 0 saturated heterocycles. The van der Waals surface area contributed by atoms with Gasteiger partial charge in [-0.1, -0.05) is 29.8 Å². The van der Waals surface area contributed by atoms with E-state index in [9.17, 15) is 23.2 Å². The molecule has 1 N–H and O–H groups in total. The van der Waals surface area contributed by atoms with E-state index >= 15 is 0 Å². The minimum atomic E-state index is -1.15. The van der Waals surface area contributed by atoms with E-state index in [2.05, 4.69) is 5.32 Å². The summed E-state index contributed by atoms with van der Waals surface area (Å²) in [6, 6.07) is 9.64. The Hall–Kier alpha value is -2.80. The molecule has 2 aromatic rings. The van der Waals surface area contributed by atoms with Gasteiger partial charge in [0, 0.05) is 43.1 Å². The van der Waals surface area contributed by atoms with Crippen molar-refractivity contribution < 1.29 is 23.2 Å². The number of likely N-dealkylation sites (N-methyl/N-ethyl adjacent to an activating group) is 1. The number of hydrogen-bond donors (Lipinski definition) is 1. The molecule has 8 heteroatoms. The van der Waals surface area contributed by atoms with Gasteiger partial charge in [-0.3, -0.25) is 14.4 Å². The van der Waals surface area contributed by atoms with Crippen LogP contribution in [0.4, 0.5) is 8.78 Å². The maximum Gasteiger partial charge on any atom is 0.254 e. The Kier molecular flexibility index (Phi) is 7.05. The maximum atomic E-state index is 13.8. The highest BCUT2D eigenvalue weighted by Crippen LogP contribution is 2.42. The number of carbonyl (C=O) groups excluding carboxylic acids is 3. The third kappa shape index (κ3) is 4.61. The third-order valence-electron chi connectivity index (χ3n) is 5.72. The van der Waals surface area contributed by atoms with E-state index in [1.54, 1.807) is 31.3 Å². The van der Waals surface area contributed by atoms with Gasteiger partial charge in [0.2, 0.25) is 5.91 Å². The Bertz CT molecular complexity index is 1010. The second-order valence-electron chi connectivity index (χ2n) is 7.55. The van der Waals surface area contributed by atoms with Crippen molar-refractivity contribution in [3.63, 3.8) is 0 Å². The summed E-state index contributed by atoms with van der Waals surface area (Å²) in [6.07, 6.45) is 2.25. The predicted octanol–water partition coefficient (Wildman–Crippen LogP) is 4.24. The molecule has 0 bridgehead atoms. The first-order valence-corrected chi connectivity index (χ1v) is 10.4. The van der Waals surface area contributed by atoms with Crippen LogP contribution >= 0.6 is 11.6 Å². The number of nitrogens with one attached hydrogen (secondary N) is 1. The fourth-order valence-electron chi connectivity index (χ4n) is 4.06. The number of rotatable bonds is 6. The highest BCUT2D eigenvalue weighted by molar-refractivity contribution is 6.31. The molecule has 5 nitrogen and oxygen atoms in total. The van der Waals surface area contributed by atoms with E-state index in [0.717, 1.165) is 25.0 Å². The second-order valence-corrected chi connectivity index (χ2v) is 7.96. The first kappa shape index (κ1) is 22.9. The Morgan fingerprint density at radius 2 is 1.90 bits per heavy atom. The van der Waals surface area contributed by atoms with Crippen LogP contribution in [-0.2, 0) is 15.1 Å². The van der Waals surface area contributed by atoms with E-state index in [1.807, 2.05) is 0 Å². The summed E-state index contributed by atoms with van der Waals surface area (Å²) >= 11 is 6.39. The molecule has 3 rings (SSSR count). The van der Waals surface area contributed by atoms with Gasteiger partial charge >= 0.3 is 0 Å². The van der Waals surface area contributed by atoms with Gasteiger partial charge in [-0.05, 0) is 37.5 Å². The highest BCUT2D eigenvalue weighted by Gasteiger charge is 2.47. The number of nitrogens with zero attached hydrogens (tertiary/aromatic N) is 1. The molecule has 1 atom stereocenters. The molecule has 164 valence electrons. The van der Waals surface area contributed by atoms with Crippen molar-refractivity contribution in [2.24, 2.45) is 0 Å². The van der Waals surface area contributed by atoms with Crippen LogP contribution in [0.5, 0.6) is 0 Å². The van der Waals surface area contributed by atoms with Crippen molar-refractivity contribution in [3.8, 4) is 0 Å². The zero-order valence-electron chi connectivity index (χ0n) is 17.1.